The number of benzene rings is 2. The topological polar surface area (TPSA) is 38.3 Å². The molecule has 0 aliphatic heterocycles. The average Bonchev–Trinajstić information content (AvgIpc) is 2.54. The summed E-state index contributed by atoms with van der Waals surface area (Å²) < 4.78 is 18.1. The van der Waals surface area contributed by atoms with Crippen molar-refractivity contribution in [1.82, 2.24) is 5.32 Å². The third-order valence-corrected chi connectivity index (χ3v) is 4.35. The zero-order valence-corrected chi connectivity index (χ0v) is 14.1. The largest absolute Gasteiger partial charge is 0.496 e. The number of hydrogen-bond donors (Lipinski definition) is 1. The third kappa shape index (κ3) is 5.60. The summed E-state index contributed by atoms with van der Waals surface area (Å²) in [4.78, 5) is 12.7. The highest BCUT2D eigenvalue weighted by atomic mass is 32.2. The van der Waals surface area contributed by atoms with Crippen molar-refractivity contribution in [2.75, 3.05) is 19.4 Å². The van der Waals surface area contributed by atoms with Crippen molar-refractivity contribution in [3.05, 3.63) is 59.4 Å². The lowest BCUT2D eigenvalue weighted by Crippen LogP contribution is -2.27. The molecule has 0 aliphatic carbocycles. The Morgan fingerprint density at radius 1 is 1.22 bits per heavy atom. The van der Waals surface area contributed by atoms with Gasteiger partial charge in [0.25, 0.3) is 0 Å². The van der Waals surface area contributed by atoms with Gasteiger partial charge in [-0.05, 0) is 49.2 Å². The number of carbonyl (C=O) groups excluding carboxylic acids is 1. The molecule has 1 amide bonds. The Hall–Kier alpha value is -2.01. The number of methoxy groups -OCH3 is 1. The van der Waals surface area contributed by atoms with Crippen LogP contribution < -0.4 is 10.1 Å². The number of nitrogens with one attached hydrogen (secondary N) is 1. The van der Waals surface area contributed by atoms with Crippen molar-refractivity contribution in [2.45, 2.75) is 18.2 Å². The van der Waals surface area contributed by atoms with Crippen LogP contribution in [0.5, 0.6) is 5.75 Å². The molecule has 2 rings (SSSR count). The lowest BCUT2D eigenvalue weighted by molar-refractivity contribution is -0.118. The number of halogens is 1. The van der Waals surface area contributed by atoms with E-state index in [2.05, 4.69) is 11.4 Å². The van der Waals surface area contributed by atoms with E-state index in [4.69, 9.17) is 4.74 Å². The van der Waals surface area contributed by atoms with Crippen molar-refractivity contribution in [1.29, 1.82) is 0 Å². The molecule has 0 heterocycles. The molecular weight excluding hydrogens is 313 g/mol. The lowest BCUT2D eigenvalue weighted by atomic mass is 10.1. The Morgan fingerprint density at radius 3 is 2.65 bits per heavy atom. The van der Waals surface area contributed by atoms with E-state index in [0.717, 1.165) is 22.6 Å². The van der Waals surface area contributed by atoms with Crippen LogP contribution in [0.25, 0.3) is 0 Å². The molecule has 122 valence electrons. The smallest absolute Gasteiger partial charge is 0.230 e. The van der Waals surface area contributed by atoms with Crippen molar-refractivity contribution in [3.8, 4) is 5.75 Å². The first-order valence-corrected chi connectivity index (χ1v) is 8.35. The highest BCUT2D eigenvalue weighted by Crippen LogP contribution is 2.20. The van der Waals surface area contributed by atoms with Crippen LogP contribution in [0.3, 0.4) is 0 Å². The van der Waals surface area contributed by atoms with E-state index in [-0.39, 0.29) is 11.7 Å². The Kier molecular flexibility index (Phi) is 6.47. The third-order valence-electron chi connectivity index (χ3n) is 3.34. The summed E-state index contributed by atoms with van der Waals surface area (Å²) in [5, 5.41) is 2.89. The second kappa shape index (κ2) is 8.58. The van der Waals surface area contributed by atoms with Crippen LogP contribution in [0, 0.1) is 12.7 Å². The minimum atomic E-state index is -0.272. The van der Waals surface area contributed by atoms with E-state index < -0.39 is 0 Å². The summed E-state index contributed by atoms with van der Waals surface area (Å²) in [5.74, 6) is 0.846. The quantitative estimate of drug-likeness (QED) is 0.787. The SMILES string of the molecule is COc1ccc(C)cc1CCNC(=O)CSc1ccc(F)cc1. The Bertz CT molecular complexity index is 659. The van der Waals surface area contributed by atoms with Gasteiger partial charge in [0.05, 0.1) is 12.9 Å². The maximum Gasteiger partial charge on any atom is 0.230 e. The fourth-order valence-electron chi connectivity index (χ4n) is 2.17. The zero-order chi connectivity index (χ0) is 16.7. The van der Waals surface area contributed by atoms with Crippen LogP contribution in [0.15, 0.2) is 47.4 Å². The summed E-state index contributed by atoms with van der Waals surface area (Å²) in [6, 6.07) is 12.1. The van der Waals surface area contributed by atoms with E-state index in [1.807, 2.05) is 19.1 Å². The number of amides is 1. The van der Waals surface area contributed by atoms with E-state index in [1.54, 1.807) is 19.2 Å². The molecule has 5 heteroatoms. The number of thioether (sulfide) groups is 1. The fraction of sp³-hybridized carbons (Fsp3) is 0.278. The van der Waals surface area contributed by atoms with Crippen LogP contribution in [-0.2, 0) is 11.2 Å². The number of hydrogen-bond acceptors (Lipinski definition) is 3. The Morgan fingerprint density at radius 2 is 1.96 bits per heavy atom. The average molecular weight is 333 g/mol. The Labute approximate surface area is 140 Å². The molecule has 2 aromatic carbocycles. The van der Waals surface area contributed by atoms with E-state index >= 15 is 0 Å². The maximum atomic E-state index is 12.8. The summed E-state index contributed by atoms with van der Waals surface area (Å²) in [6.45, 7) is 2.59. The molecule has 0 bridgehead atoms. The minimum Gasteiger partial charge on any atom is -0.496 e. The van der Waals surface area contributed by atoms with Crippen molar-refractivity contribution >= 4 is 17.7 Å². The number of ether oxygens (including phenoxy) is 1. The molecule has 0 radical (unpaired) electrons. The van der Waals surface area contributed by atoms with Crippen molar-refractivity contribution in [2.24, 2.45) is 0 Å². The van der Waals surface area contributed by atoms with E-state index in [1.165, 1.54) is 29.5 Å². The molecule has 0 aliphatic rings. The standard InChI is InChI=1S/C18H20FNO2S/c1-13-3-8-17(22-2)14(11-13)9-10-20-18(21)12-23-16-6-4-15(19)5-7-16/h3-8,11H,9-10,12H2,1-2H3,(H,20,21). The van der Waals surface area contributed by atoms with Crippen molar-refractivity contribution in [3.63, 3.8) is 0 Å². The first kappa shape index (κ1) is 17.3. The maximum absolute atomic E-state index is 12.8. The van der Waals surface area contributed by atoms with Gasteiger partial charge in [0.1, 0.15) is 11.6 Å². The predicted molar refractivity (Wildman–Crippen MR) is 91.6 cm³/mol. The van der Waals surface area contributed by atoms with Gasteiger partial charge in [-0.25, -0.2) is 4.39 Å². The number of rotatable bonds is 7. The van der Waals surface area contributed by atoms with Crippen LogP contribution in [-0.4, -0.2) is 25.3 Å². The molecule has 23 heavy (non-hydrogen) atoms. The molecule has 0 saturated heterocycles. The first-order valence-electron chi connectivity index (χ1n) is 7.37. The molecule has 1 N–H and O–H groups in total. The van der Waals surface area contributed by atoms with Gasteiger partial charge in [-0.1, -0.05) is 17.7 Å². The highest BCUT2D eigenvalue weighted by molar-refractivity contribution is 8.00. The minimum absolute atomic E-state index is 0.0362. The number of aryl methyl sites for hydroxylation is 1. The predicted octanol–water partition coefficient (Wildman–Crippen LogP) is 3.59. The number of carbonyl (C=O) groups is 1. The highest BCUT2D eigenvalue weighted by Gasteiger charge is 2.06. The van der Waals surface area contributed by atoms with Crippen LogP contribution in [0.1, 0.15) is 11.1 Å². The normalized spacial score (nSPS) is 10.4. The van der Waals surface area contributed by atoms with Crippen LogP contribution in [0.4, 0.5) is 4.39 Å². The van der Waals surface area contributed by atoms with Gasteiger partial charge < -0.3 is 10.1 Å². The van der Waals surface area contributed by atoms with Gasteiger partial charge >= 0.3 is 0 Å². The van der Waals surface area contributed by atoms with Crippen molar-refractivity contribution < 1.29 is 13.9 Å². The Balaban J connectivity index is 1.76. The zero-order valence-electron chi connectivity index (χ0n) is 13.3. The van der Waals surface area contributed by atoms with Crippen LogP contribution in [0.2, 0.25) is 0 Å². The van der Waals surface area contributed by atoms with Crippen LogP contribution >= 0.6 is 11.8 Å². The monoisotopic (exact) mass is 333 g/mol. The second-order valence-electron chi connectivity index (χ2n) is 5.16. The molecule has 0 atom stereocenters. The summed E-state index contributed by atoms with van der Waals surface area (Å²) in [5.41, 5.74) is 2.25. The first-order chi connectivity index (χ1) is 11.1. The van der Waals surface area contributed by atoms with Gasteiger partial charge in [-0.3, -0.25) is 4.79 Å². The second-order valence-corrected chi connectivity index (χ2v) is 6.21. The molecule has 3 nitrogen and oxygen atoms in total. The summed E-state index contributed by atoms with van der Waals surface area (Å²) >= 11 is 1.39. The van der Waals surface area contributed by atoms with Gasteiger partial charge in [0, 0.05) is 11.4 Å². The summed E-state index contributed by atoms with van der Waals surface area (Å²) in [6.07, 6.45) is 0.720. The van der Waals surface area contributed by atoms with E-state index in [0.29, 0.717) is 12.3 Å². The molecule has 0 aromatic heterocycles. The van der Waals surface area contributed by atoms with Gasteiger partial charge in [-0.15, -0.1) is 11.8 Å². The van der Waals surface area contributed by atoms with Gasteiger partial charge in [-0.2, -0.15) is 0 Å². The molecule has 0 spiro atoms. The lowest BCUT2D eigenvalue weighted by Gasteiger charge is -2.10. The van der Waals surface area contributed by atoms with Gasteiger partial charge in [0.2, 0.25) is 5.91 Å². The molecule has 2 aromatic rings. The molecule has 0 fully saturated rings. The van der Waals surface area contributed by atoms with E-state index in [9.17, 15) is 9.18 Å². The van der Waals surface area contributed by atoms with Gasteiger partial charge in [0.15, 0.2) is 0 Å². The summed E-state index contributed by atoms with van der Waals surface area (Å²) in [7, 11) is 1.64. The molecule has 0 unspecified atom stereocenters. The molecule has 0 saturated carbocycles. The molecular formula is C18H20FNO2S. The fourth-order valence-corrected chi connectivity index (χ4v) is 2.90.